The summed E-state index contributed by atoms with van der Waals surface area (Å²) in [7, 11) is -3.94. The molecule has 0 aliphatic carbocycles. The summed E-state index contributed by atoms with van der Waals surface area (Å²) >= 11 is 0. The van der Waals surface area contributed by atoms with E-state index in [2.05, 4.69) is 15.0 Å². The molecule has 2 aromatic carbocycles. The van der Waals surface area contributed by atoms with Crippen molar-refractivity contribution in [1.82, 2.24) is 9.71 Å². The first-order valence-corrected chi connectivity index (χ1v) is 10.1. The lowest BCUT2D eigenvalue weighted by Crippen LogP contribution is -2.47. The summed E-state index contributed by atoms with van der Waals surface area (Å²) in [5.41, 5.74) is 0.984. The second kappa shape index (κ2) is 7.85. The van der Waals surface area contributed by atoms with Crippen molar-refractivity contribution in [3.05, 3.63) is 66.9 Å². The van der Waals surface area contributed by atoms with Gasteiger partial charge in [-0.1, -0.05) is 50.2 Å². The molecular formula is C20H21N3O3S. The van der Waals surface area contributed by atoms with Crippen molar-refractivity contribution in [1.29, 1.82) is 0 Å². The zero-order valence-electron chi connectivity index (χ0n) is 15.1. The van der Waals surface area contributed by atoms with Crippen LogP contribution in [0.5, 0.6) is 0 Å². The van der Waals surface area contributed by atoms with Crippen LogP contribution in [-0.2, 0) is 14.8 Å². The number of hydrogen-bond acceptors (Lipinski definition) is 4. The van der Waals surface area contributed by atoms with Crippen LogP contribution in [0.1, 0.15) is 13.8 Å². The predicted molar refractivity (Wildman–Crippen MR) is 106 cm³/mol. The number of benzene rings is 2. The van der Waals surface area contributed by atoms with Gasteiger partial charge in [0.1, 0.15) is 10.9 Å². The van der Waals surface area contributed by atoms with E-state index in [9.17, 15) is 13.2 Å². The van der Waals surface area contributed by atoms with Gasteiger partial charge in [-0.15, -0.1) is 0 Å². The zero-order valence-corrected chi connectivity index (χ0v) is 15.9. The number of nitrogens with one attached hydrogen (secondary N) is 2. The largest absolute Gasteiger partial charge is 0.325 e. The molecule has 0 saturated heterocycles. The first kappa shape index (κ1) is 19.0. The molecule has 27 heavy (non-hydrogen) atoms. The van der Waals surface area contributed by atoms with E-state index in [1.54, 1.807) is 68.6 Å². The molecule has 0 saturated carbocycles. The van der Waals surface area contributed by atoms with Gasteiger partial charge in [0, 0.05) is 17.3 Å². The number of amides is 1. The molecule has 0 aliphatic heterocycles. The molecule has 0 fully saturated rings. The second-order valence-corrected chi connectivity index (χ2v) is 8.21. The van der Waals surface area contributed by atoms with E-state index in [1.807, 2.05) is 6.07 Å². The number of hydrogen-bond donors (Lipinski definition) is 2. The van der Waals surface area contributed by atoms with Gasteiger partial charge in [0.05, 0.1) is 5.52 Å². The van der Waals surface area contributed by atoms with Gasteiger partial charge in [0.2, 0.25) is 15.9 Å². The Morgan fingerprint density at radius 2 is 1.67 bits per heavy atom. The first-order valence-electron chi connectivity index (χ1n) is 8.60. The third-order valence-electron chi connectivity index (χ3n) is 4.16. The van der Waals surface area contributed by atoms with Crippen LogP contribution in [-0.4, -0.2) is 25.4 Å². The summed E-state index contributed by atoms with van der Waals surface area (Å²) in [5.74, 6) is -0.653. The van der Waals surface area contributed by atoms with E-state index >= 15 is 0 Å². The average molecular weight is 383 g/mol. The van der Waals surface area contributed by atoms with Crippen LogP contribution < -0.4 is 10.0 Å². The first-order chi connectivity index (χ1) is 12.9. The molecule has 0 spiro atoms. The molecule has 6 nitrogen and oxygen atoms in total. The van der Waals surface area contributed by atoms with Crippen LogP contribution in [0.25, 0.3) is 10.9 Å². The Morgan fingerprint density at radius 3 is 2.37 bits per heavy atom. The van der Waals surface area contributed by atoms with Gasteiger partial charge in [-0.05, 0) is 30.2 Å². The number of rotatable bonds is 6. The summed E-state index contributed by atoms with van der Waals surface area (Å²) < 4.78 is 28.5. The molecule has 0 radical (unpaired) electrons. The van der Waals surface area contributed by atoms with Crippen molar-refractivity contribution < 1.29 is 13.2 Å². The fourth-order valence-electron chi connectivity index (χ4n) is 2.76. The Bertz CT molecular complexity index is 1050. The Balaban J connectivity index is 1.90. The highest BCUT2D eigenvalue weighted by atomic mass is 32.2. The Kier molecular flexibility index (Phi) is 5.53. The smallest absolute Gasteiger partial charge is 0.243 e. The lowest BCUT2D eigenvalue weighted by atomic mass is 10.0. The molecule has 1 aromatic heterocycles. The quantitative estimate of drug-likeness (QED) is 0.684. The molecule has 2 N–H and O–H groups in total. The number of fused-ring (bicyclic) bond motifs is 1. The maximum absolute atomic E-state index is 13.0. The van der Waals surface area contributed by atoms with E-state index in [1.165, 1.54) is 6.07 Å². The van der Waals surface area contributed by atoms with Gasteiger partial charge in [0.15, 0.2) is 0 Å². The van der Waals surface area contributed by atoms with E-state index < -0.39 is 22.0 Å². The summed E-state index contributed by atoms with van der Waals surface area (Å²) in [6, 6.07) is 16.5. The van der Waals surface area contributed by atoms with Crippen molar-refractivity contribution in [2.24, 2.45) is 5.92 Å². The Morgan fingerprint density at radius 1 is 0.963 bits per heavy atom. The van der Waals surface area contributed by atoms with Gasteiger partial charge in [-0.3, -0.25) is 9.78 Å². The molecule has 3 rings (SSSR count). The van der Waals surface area contributed by atoms with E-state index in [-0.39, 0.29) is 10.8 Å². The van der Waals surface area contributed by atoms with Crippen molar-refractivity contribution >= 4 is 32.5 Å². The molecule has 1 atom stereocenters. The van der Waals surface area contributed by atoms with Crippen LogP contribution in [0, 0.1) is 5.92 Å². The Labute approximate surface area is 158 Å². The highest BCUT2D eigenvalue weighted by Gasteiger charge is 2.29. The summed E-state index contributed by atoms with van der Waals surface area (Å²) in [6.45, 7) is 3.58. The van der Waals surface area contributed by atoms with Gasteiger partial charge < -0.3 is 5.32 Å². The number of pyridine rings is 1. The van der Waals surface area contributed by atoms with Gasteiger partial charge in [-0.25, -0.2) is 8.42 Å². The normalized spacial score (nSPS) is 12.9. The molecule has 1 amide bonds. The minimum Gasteiger partial charge on any atom is -0.325 e. The summed E-state index contributed by atoms with van der Waals surface area (Å²) in [5, 5.41) is 3.47. The van der Waals surface area contributed by atoms with E-state index in [0.717, 1.165) is 5.39 Å². The fraction of sp³-hybridized carbons (Fsp3) is 0.200. The molecule has 0 unspecified atom stereocenters. The molecule has 0 bridgehead atoms. The standard InChI is InChI=1S/C20H21N3O3S/c1-14(2)18(20(24)22-16-10-4-3-5-11-16)23-27(25,26)17-12-6-8-15-9-7-13-21-19(15)17/h3-14,18,23H,1-2H3,(H,22,24)/t18-/m0/s1. The topological polar surface area (TPSA) is 88.2 Å². The van der Waals surface area contributed by atoms with Crippen molar-refractivity contribution in [2.45, 2.75) is 24.8 Å². The minimum atomic E-state index is -3.94. The van der Waals surface area contributed by atoms with Crippen molar-refractivity contribution in [3.63, 3.8) is 0 Å². The van der Waals surface area contributed by atoms with Gasteiger partial charge in [0.25, 0.3) is 0 Å². The van der Waals surface area contributed by atoms with Crippen molar-refractivity contribution in [3.8, 4) is 0 Å². The monoisotopic (exact) mass is 383 g/mol. The number of sulfonamides is 1. The third-order valence-corrected chi connectivity index (χ3v) is 5.63. The average Bonchev–Trinajstić information content (AvgIpc) is 2.66. The summed E-state index contributed by atoms with van der Waals surface area (Å²) in [6.07, 6.45) is 1.55. The maximum Gasteiger partial charge on any atom is 0.243 e. The number of carbonyl (C=O) groups excluding carboxylic acids is 1. The highest BCUT2D eigenvalue weighted by Crippen LogP contribution is 2.21. The number of aromatic nitrogens is 1. The lowest BCUT2D eigenvalue weighted by molar-refractivity contribution is -0.118. The van der Waals surface area contributed by atoms with Crippen LogP contribution in [0.2, 0.25) is 0 Å². The maximum atomic E-state index is 13.0. The fourth-order valence-corrected chi connectivity index (χ4v) is 4.28. The van der Waals surface area contributed by atoms with Crippen LogP contribution in [0.4, 0.5) is 5.69 Å². The molecular weight excluding hydrogens is 362 g/mol. The second-order valence-electron chi connectivity index (χ2n) is 6.53. The highest BCUT2D eigenvalue weighted by molar-refractivity contribution is 7.89. The van der Waals surface area contributed by atoms with Crippen LogP contribution in [0.3, 0.4) is 0 Å². The molecule has 3 aromatic rings. The molecule has 1 heterocycles. The van der Waals surface area contributed by atoms with E-state index in [4.69, 9.17) is 0 Å². The lowest BCUT2D eigenvalue weighted by Gasteiger charge is -2.22. The number of anilines is 1. The molecule has 140 valence electrons. The third kappa shape index (κ3) is 4.32. The van der Waals surface area contributed by atoms with Crippen LogP contribution in [0.15, 0.2) is 71.8 Å². The van der Waals surface area contributed by atoms with E-state index in [0.29, 0.717) is 11.2 Å². The molecule has 0 aliphatic rings. The predicted octanol–water partition coefficient (Wildman–Crippen LogP) is 3.18. The minimum absolute atomic E-state index is 0.0544. The van der Waals surface area contributed by atoms with Crippen molar-refractivity contribution in [2.75, 3.05) is 5.32 Å². The van der Waals surface area contributed by atoms with Gasteiger partial charge >= 0.3 is 0 Å². The van der Waals surface area contributed by atoms with Gasteiger partial charge in [-0.2, -0.15) is 4.72 Å². The zero-order chi connectivity index (χ0) is 19.4. The Hall–Kier alpha value is -2.77. The number of carbonyl (C=O) groups is 1. The SMILES string of the molecule is CC(C)[C@H](NS(=O)(=O)c1cccc2cccnc12)C(=O)Nc1ccccc1. The number of para-hydroxylation sites is 2. The van der Waals surface area contributed by atoms with Crippen LogP contribution >= 0.6 is 0 Å². The molecule has 7 heteroatoms. The number of nitrogens with zero attached hydrogens (tertiary/aromatic N) is 1. The summed E-state index contributed by atoms with van der Waals surface area (Å²) in [4.78, 5) is 16.9.